The number of methoxy groups -OCH3 is 2. The molecule has 0 bridgehead atoms. The lowest BCUT2D eigenvalue weighted by atomic mass is 10.1. The predicted molar refractivity (Wildman–Crippen MR) is 105 cm³/mol. The lowest BCUT2D eigenvalue weighted by Crippen LogP contribution is -2.33. The number of fused-ring (bicyclic) bond motifs is 1. The van der Waals surface area contributed by atoms with Crippen LogP contribution in [0, 0.1) is 0 Å². The Bertz CT molecular complexity index is 1030. The van der Waals surface area contributed by atoms with E-state index in [0.29, 0.717) is 35.0 Å². The van der Waals surface area contributed by atoms with Gasteiger partial charge in [-0.15, -0.1) is 0 Å². The Morgan fingerprint density at radius 2 is 1.97 bits per heavy atom. The van der Waals surface area contributed by atoms with Gasteiger partial charge in [0.15, 0.2) is 23.2 Å². The highest BCUT2D eigenvalue weighted by Gasteiger charge is 2.44. The number of hydrogen-bond acceptors (Lipinski definition) is 10. The molecule has 0 aliphatic carbocycles. The second-order valence-electron chi connectivity index (χ2n) is 6.81. The number of rotatable bonds is 7. The van der Waals surface area contributed by atoms with Gasteiger partial charge in [-0.3, -0.25) is 4.57 Å². The van der Waals surface area contributed by atoms with E-state index in [1.54, 1.807) is 20.3 Å². The van der Waals surface area contributed by atoms with Crippen molar-refractivity contribution in [3.63, 3.8) is 0 Å². The normalized spacial score (nSPS) is 23.6. The summed E-state index contributed by atoms with van der Waals surface area (Å²) in [4.78, 5) is 12.8. The molecule has 1 fully saturated rings. The van der Waals surface area contributed by atoms with E-state index in [1.807, 2.05) is 12.1 Å². The Hall–Kier alpha value is -2.99. The van der Waals surface area contributed by atoms with Crippen LogP contribution >= 0.6 is 0 Å². The number of aromatic nitrogens is 4. The summed E-state index contributed by atoms with van der Waals surface area (Å²) in [6.07, 6.45) is -1.42. The molecule has 1 saturated heterocycles. The van der Waals surface area contributed by atoms with Crippen molar-refractivity contribution in [3.05, 3.63) is 36.4 Å². The van der Waals surface area contributed by atoms with E-state index in [2.05, 4.69) is 20.3 Å². The molecule has 160 valence electrons. The zero-order chi connectivity index (χ0) is 21.3. The largest absolute Gasteiger partial charge is 0.497 e. The van der Waals surface area contributed by atoms with Gasteiger partial charge in [0.2, 0.25) is 0 Å². The number of ether oxygens (including phenoxy) is 3. The smallest absolute Gasteiger partial charge is 0.167 e. The average molecular weight is 417 g/mol. The maximum atomic E-state index is 10.3. The van der Waals surface area contributed by atoms with E-state index in [9.17, 15) is 15.3 Å². The second kappa shape index (κ2) is 8.40. The summed E-state index contributed by atoms with van der Waals surface area (Å²) in [6, 6.07) is 5.52. The number of imidazole rings is 1. The molecule has 11 nitrogen and oxygen atoms in total. The minimum Gasteiger partial charge on any atom is -0.497 e. The van der Waals surface area contributed by atoms with Gasteiger partial charge in [-0.25, -0.2) is 15.0 Å². The average Bonchev–Trinajstić information content (AvgIpc) is 3.33. The zero-order valence-electron chi connectivity index (χ0n) is 16.5. The van der Waals surface area contributed by atoms with E-state index in [4.69, 9.17) is 14.2 Å². The lowest BCUT2D eigenvalue weighted by molar-refractivity contribution is -0.0511. The molecular weight excluding hydrogens is 394 g/mol. The fourth-order valence-electron chi connectivity index (χ4n) is 3.45. The van der Waals surface area contributed by atoms with Crippen LogP contribution in [0.3, 0.4) is 0 Å². The number of nitrogens with one attached hydrogen (secondary N) is 1. The fraction of sp³-hybridized carbons (Fsp3) is 0.421. The van der Waals surface area contributed by atoms with Crippen LogP contribution in [0.4, 0.5) is 5.82 Å². The molecule has 0 amide bonds. The van der Waals surface area contributed by atoms with E-state index in [1.165, 1.54) is 17.2 Å². The molecule has 11 heteroatoms. The first-order valence-electron chi connectivity index (χ1n) is 9.32. The van der Waals surface area contributed by atoms with Crippen molar-refractivity contribution in [2.24, 2.45) is 0 Å². The van der Waals surface area contributed by atoms with Crippen molar-refractivity contribution >= 4 is 17.0 Å². The van der Waals surface area contributed by atoms with Crippen LogP contribution in [0.2, 0.25) is 0 Å². The van der Waals surface area contributed by atoms with Gasteiger partial charge < -0.3 is 34.8 Å². The molecule has 3 heterocycles. The van der Waals surface area contributed by atoms with Crippen LogP contribution in [-0.2, 0) is 11.3 Å². The topological polar surface area (TPSA) is 144 Å². The maximum absolute atomic E-state index is 10.3. The molecule has 0 saturated carbocycles. The van der Waals surface area contributed by atoms with Crippen LogP contribution < -0.4 is 14.8 Å². The number of nitrogens with zero attached hydrogens (tertiary/aromatic N) is 4. The summed E-state index contributed by atoms with van der Waals surface area (Å²) in [5.41, 5.74) is 1.79. The Kier molecular flexibility index (Phi) is 5.68. The summed E-state index contributed by atoms with van der Waals surface area (Å²) < 4.78 is 17.7. The number of hydrogen-bond donors (Lipinski definition) is 4. The third kappa shape index (κ3) is 3.52. The Morgan fingerprint density at radius 3 is 2.67 bits per heavy atom. The summed E-state index contributed by atoms with van der Waals surface area (Å²) in [5.74, 6) is 1.85. The van der Waals surface area contributed by atoms with Gasteiger partial charge in [0, 0.05) is 18.2 Å². The molecular formula is C19H23N5O6. The van der Waals surface area contributed by atoms with Crippen LogP contribution in [0.5, 0.6) is 11.5 Å². The third-order valence-corrected chi connectivity index (χ3v) is 5.09. The number of anilines is 1. The number of benzene rings is 1. The number of aliphatic hydroxyl groups is 3. The SMILES string of the molecule is COc1ccc(CNc2ncnc3c2ncn3[C@@H]2O[C@H](CO)[C@@H](O)[C@H]2O)c(OC)c1. The van der Waals surface area contributed by atoms with Crippen molar-refractivity contribution in [2.75, 3.05) is 26.1 Å². The molecule has 1 aromatic carbocycles. The van der Waals surface area contributed by atoms with Crippen LogP contribution in [0.25, 0.3) is 11.2 Å². The molecule has 0 spiro atoms. The molecule has 1 aliphatic heterocycles. The quantitative estimate of drug-likeness (QED) is 0.417. The molecule has 30 heavy (non-hydrogen) atoms. The van der Waals surface area contributed by atoms with Gasteiger partial charge in [-0.1, -0.05) is 0 Å². The predicted octanol–water partition coefficient (Wildman–Crippen LogP) is 0.0671. The van der Waals surface area contributed by atoms with Crippen LogP contribution in [-0.4, -0.2) is 74.0 Å². The van der Waals surface area contributed by atoms with Crippen molar-refractivity contribution < 1.29 is 29.5 Å². The summed E-state index contributed by atoms with van der Waals surface area (Å²) in [6.45, 7) is 0.00678. The highest BCUT2D eigenvalue weighted by Crippen LogP contribution is 2.32. The standard InChI is InChI=1S/C19H23N5O6/c1-28-11-4-3-10(12(5-11)29-2)6-20-17-14-18(22-8-21-17)24(9-23-14)19-16(27)15(26)13(7-25)30-19/h3-5,8-9,13,15-16,19,25-27H,6-7H2,1-2H3,(H,20,21,22)/t13-,15-,16-,19-/m1/s1. The van der Waals surface area contributed by atoms with Crippen LogP contribution in [0.1, 0.15) is 11.8 Å². The monoisotopic (exact) mass is 417 g/mol. The Morgan fingerprint density at radius 1 is 1.13 bits per heavy atom. The van der Waals surface area contributed by atoms with Crippen molar-refractivity contribution in [1.82, 2.24) is 19.5 Å². The zero-order valence-corrected chi connectivity index (χ0v) is 16.5. The maximum Gasteiger partial charge on any atom is 0.167 e. The fourth-order valence-corrected chi connectivity index (χ4v) is 3.45. The van der Waals surface area contributed by atoms with Gasteiger partial charge in [0.25, 0.3) is 0 Å². The minimum atomic E-state index is -1.23. The lowest BCUT2D eigenvalue weighted by Gasteiger charge is -2.16. The van der Waals surface area contributed by atoms with E-state index in [-0.39, 0.29) is 0 Å². The van der Waals surface area contributed by atoms with Gasteiger partial charge in [0.05, 0.1) is 27.2 Å². The van der Waals surface area contributed by atoms with Crippen molar-refractivity contribution in [2.45, 2.75) is 31.1 Å². The summed E-state index contributed by atoms with van der Waals surface area (Å²) >= 11 is 0. The van der Waals surface area contributed by atoms with Crippen molar-refractivity contribution in [1.29, 1.82) is 0 Å². The summed E-state index contributed by atoms with van der Waals surface area (Å²) in [7, 11) is 3.18. The molecule has 1 aliphatic rings. The van der Waals surface area contributed by atoms with E-state index >= 15 is 0 Å². The van der Waals surface area contributed by atoms with E-state index in [0.717, 1.165) is 5.56 Å². The molecule has 2 aromatic heterocycles. The molecule has 0 radical (unpaired) electrons. The molecule has 4 atom stereocenters. The van der Waals surface area contributed by atoms with Gasteiger partial charge in [-0.05, 0) is 12.1 Å². The highest BCUT2D eigenvalue weighted by molar-refractivity contribution is 5.82. The Balaban J connectivity index is 1.59. The first kappa shape index (κ1) is 20.3. The molecule has 4 N–H and O–H groups in total. The number of aliphatic hydroxyl groups excluding tert-OH is 3. The molecule has 4 rings (SSSR count). The molecule has 0 unspecified atom stereocenters. The summed E-state index contributed by atoms with van der Waals surface area (Å²) in [5, 5.41) is 32.8. The third-order valence-electron chi connectivity index (χ3n) is 5.09. The first-order chi connectivity index (χ1) is 14.6. The van der Waals surface area contributed by atoms with Crippen LogP contribution in [0.15, 0.2) is 30.9 Å². The highest BCUT2D eigenvalue weighted by atomic mass is 16.6. The second-order valence-corrected chi connectivity index (χ2v) is 6.81. The Labute approximate surface area is 171 Å². The van der Waals surface area contributed by atoms with E-state index < -0.39 is 31.1 Å². The van der Waals surface area contributed by atoms with Gasteiger partial charge in [-0.2, -0.15) is 0 Å². The van der Waals surface area contributed by atoms with Gasteiger partial charge >= 0.3 is 0 Å². The van der Waals surface area contributed by atoms with Crippen molar-refractivity contribution in [3.8, 4) is 11.5 Å². The molecule has 3 aromatic rings. The van der Waals surface area contributed by atoms with Gasteiger partial charge in [0.1, 0.15) is 36.1 Å². The minimum absolute atomic E-state index is 0.410. The first-order valence-corrected chi connectivity index (χ1v) is 9.32.